The Morgan fingerprint density at radius 3 is 2.30 bits per heavy atom. The van der Waals surface area contributed by atoms with E-state index < -0.39 is 17.8 Å². The second-order valence-corrected chi connectivity index (χ2v) is 6.30. The van der Waals surface area contributed by atoms with Gasteiger partial charge in [0.15, 0.2) is 0 Å². The first kappa shape index (κ1) is 17.4. The van der Waals surface area contributed by atoms with Gasteiger partial charge in [0.05, 0.1) is 17.6 Å². The van der Waals surface area contributed by atoms with Crippen molar-refractivity contribution in [3.8, 4) is 0 Å². The van der Waals surface area contributed by atoms with Gasteiger partial charge in [-0.1, -0.05) is 0 Å². The summed E-state index contributed by atoms with van der Waals surface area (Å²) in [6.07, 6.45) is -0.0785. The number of amides is 1. The lowest BCUT2D eigenvalue weighted by molar-refractivity contribution is -0.141. The minimum Gasteiger partial charge on any atom is -0.334 e. The Kier molecular flexibility index (Phi) is 4.06. The molecule has 27 heavy (non-hydrogen) atoms. The first-order chi connectivity index (χ1) is 12.9. The molecule has 2 aliphatic heterocycles. The van der Waals surface area contributed by atoms with Crippen LogP contribution in [0, 0.1) is 0 Å². The molecular formula is C15H14F3N7O2. The van der Waals surface area contributed by atoms with Gasteiger partial charge < -0.3 is 9.80 Å². The van der Waals surface area contributed by atoms with Crippen LogP contribution in [0.15, 0.2) is 24.7 Å². The Hall–Kier alpha value is -3.02. The summed E-state index contributed by atoms with van der Waals surface area (Å²) < 4.78 is 38.6. The van der Waals surface area contributed by atoms with Crippen LogP contribution in [0.1, 0.15) is 22.5 Å². The molecule has 2 aliphatic rings. The number of rotatable bonds is 3. The second-order valence-electron chi connectivity index (χ2n) is 6.30. The summed E-state index contributed by atoms with van der Waals surface area (Å²) in [6, 6.07) is 0.801. The molecule has 4 rings (SSSR count). The van der Waals surface area contributed by atoms with E-state index in [9.17, 15) is 18.0 Å². The number of carbonyl (C=O) groups is 1. The maximum Gasteiger partial charge on any atom is 0.433 e. The van der Waals surface area contributed by atoms with Crippen LogP contribution < -0.4 is 15.3 Å². The monoisotopic (exact) mass is 381 g/mol. The molecule has 4 heterocycles. The van der Waals surface area contributed by atoms with Crippen LogP contribution in [0.25, 0.3) is 0 Å². The van der Waals surface area contributed by atoms with E-state index in [1.807, 2.05) is 4.90 Å². The molecule has 0 aromatic carbocycles. The number of piperazine rings is 1. The van der Waals surface area contributed by atoms with Crippen molar-refractivity contribution in [1.29, 1.82) is 0 Å². The van der Waals surface area contributed by atoms with E-state index in [2.05, 4.69) is 19.9 Å². The SMILES string of the molecule is O=C(NO)c1cnc(N2C[C@H]3C[C@@H]2CN3c2nccc(C(F)(F)F)n2)nc1. The molecule has 0 unspecified atom stereocenters. The van der Waals surface area contributed by atoms with Crippen LogP contribution >= 0.6 is 0 Å². The van der Waals surface area contributed by atoms with Gasteiger partial charge in [0, 0.05) is 31.7 Å². The number of fused-ring (bicyclic) bond motifs is 2. The predicted molar refractivity (Wildman–Crippen MR) is 85.2 cm³/mol. The maximum atomic E-state index is 12.9. The van der Waals surface area contributed by atoms with Gasteiger partial charge in [-0.05, 0) is 12.5 Å². The molecule has 2 aromatic rings. The van der Waals surface area contributed by atoms with E-state index in [1.54, 1.807) is 4.90 Å². The zero-order valence-corrected chi connectivity index (χ0v) is 13.8. The van der Waals surface area contributed by atoms with Crippen molar-refractivity contribution in [3.05, 3.63) is 35.9 Å². The number of hydrogen-bond donors (Lipinski definition) is 2. The molecule has 2 aromatic heterocycles. The molecule has 0 aliphatic carbocycles. The number of halogens is 3. The Labute approximate surface area is 150 Å². The number of nitrogens with zero attached hydrogens (tertiary/aromatic N) is 6. The number of aromatic nitrogens is 4. The van der Waals surface area contributed by atoms with Gasteiger partial charge in [-0.2, -0.15) is 13.2 Å². The standard InChI is InChI=1S/C15H14F3N7O2/c16-15(17,18)11-1-2-19-14(22-11)25-7-9-3-10(25)6-24(9)13-20-4-8(5-21-13)12(26)23-27/h1-2,4-5,9-10,27H,3,6-7H2,(H,23,26)/t9-,10-/m1/s1. The normalized spacial score (nSPS) is 21.6. The van der Waals surface area contributed by atoms with Gasteiger partial charge in [0.25, 0.3) is 5.91 Å². The van der Waals surface area contributed by atoms with E-state index in [-0.39, 0.29) is 23.6 Å². The smallest absolute Gasteiger partial charge is 0.334 e. The first-order valence-electron chi connectivity index (χ1n) is 8.07. The fourth-order valence-corrected chi connectivity index (χ4v) is 3.45. The second kappa shape index (κ2) is 6.30. The van der Waals surface area contributed by atoms with E-state index in [4.69, 9.17) is 5.21 Å². The van der Waals surface area contributed by atoms with Gasteiger partial charge >= 0.3 is 6.18 Å². The largest absolute Gasteiger partial charge is 0.433 e. The fourth-order valence-electron chi connectivity index (χ4n) is 3.45. The minimum absolute atomic E-state index is 0.00524. The van der Waals surface area contributed by atoms with E-state index in [1.165, 1.54) is 17.9 Å². The molecule has 2 atom stereocenters. The van der Waals surface area contributed by atoms with Crippen LogP contribution in [0.3, 0.4) is 0 Å². The number of alkyl halides is 3. The van der Waals surface area contributed by atoms with Crippen LogP contribution in [0.2, 0.25) is 0 Å². The summed E-state index contributed by atoms with van der Waals surface area (Å²) in [7, 11) is 0. The molecule has 12 heteroatoms. The molecule has 0 saturated carbocycles. The number of nitrogens with one attached hydrogen (secondary N) is 1. The number of carbonyl (C=O) groups excluding carboxylic acids is 1. The van der Waals surface area contributed by atoms with Crippen molar-refractivity contribution >= 4 is 17.8 Å². The molecule has 2 bridgehead atoms. The van der Waals surface area contributed by atoms with Crippen LogP contribution in [-0.2, 0) is 6.18 Å². The number of hydrogen-bond acceptors (Lipinski definition) is 8. The molecule has 142 valence electrons. The van der Waals surface area contributed by atoms with Crippen molar-refractivity contribution in [1.82, 2.24) is 25.4 Å². The third kappa shape index (κ3) is 3.12. The number of anilines is 2. The predicted octanol–water partition coefficient (Wildman–Crippen LogP) is 0.872. The minimum atomic E-state index is -4.51. The maximum absolute atomic E-state index is 12.9. The van der Waals surface area contributed by atoms with Gasteiger partial charge in [-0.25, -0.2) is 25.4 Å². The molecule has 0 radical (unpaired) electrons. The van der Waals surface area contributed by atoms with Crippen LogP contribution in [-0.4, -0.2) is 56.2 Å². The molecule has 2 N–H and O–H groups in total. The highest BCUT2D eigenvalue weighted by atomic mass is 19.4. The van der Waals surface area contributed by atoms with Crippen molar-refractivity contribution in [3.63, 3.8) is 0 Å². The quantitative estimate of drug-likeness (QED) is 0.596. The highest BCUT2D eigenvalue weighted by molar-refractivity contribution is 5.92. The summed E-state index contributed by atoms with van der Waals surface area (Å²) in [6.45, 7) is 0.962. The van der Waals surface area contributed by atoms with Crippen molar-refractivity contribution in [2.45, 2.75) is 24.7 Å². The van der Waals surface area contributed by atoms with E-state index in [0.29, 0.717) is 19.0 Å². The third-order valence-electron chi connectivity index (χ3n) is 4.69. The lowest BCUT2D eigenvalue weighted by atomic mass is 10.2. The first-order valence-corrected chi connectivity index (χ1v) is 8.07. The summed E-state index contributed by atoms with van der Waals surface area (Å²) in [5.41, 5.74) is 0.654. The molecule has 1 amide bonds. The fraction of sp³-hybridized carbons (Fsp3) is 0.400. The van der Waals surface area contributed by atoms with Gasteiger partial charge in [0.2, 0.25) is 11.9 Å². The summed E-state index contributed by atoms with van der Waals surface area (Å²) in [4.78, 5) is 30.9. The van der Waals surface area contributed by atoms with Crippen LogP contribution in [0.4, 0.5) is 25.1 Å². The summed E-state index contributed by atoms with van der Waals surface area (Å²) in [5, 5.41) is 8.61. The highest BCUT2D eigenvalue weighted by Crippen LogP contribution is 2.36. The van der Waals surface area contributed by atoms with Crippen molar-refractivity contribution in [2.75, 3.05) is 22.9 Å². The molecule has 9 nitrogen and oxygen atoms in total. The zero-order chi connectivity index (χ0) is 19.2. The van der Waals surface area contributed by atoms with Gasteiger partial charge in [-0.3, -0.25) is 10.0 Å². The van der Waals surface area contributed by atoms with Gasteiger partial charge in [-0.15, -0.1) is 0 Å². The lowest BCUT2D eigenvalue weighted by Gasteiger charge is -2.34. The molecular weight excluding hydrogens is 367 g/mol. The zero-order valence-electron chi connectivity index (χ0n) is 13.8. The summed E-state index contributed by atoms with van der Waals surface area (Å²) in [5.74, 6) is -0.230. The number of hydroxylamine groups is 1. The third-order valence-corrected chi connectivity index (χ3v) is 4.69. The average molecular weight is 381 g/mol. The molecule has 0 spiro atoms. The van der Waals surface area contributed by atoms with Crippen LogP contribution in [0.5, 0.6) is 0 Å². The molecule has 2 fully saturated rings. The van der Waals surface area contributed by atoms with Gasteiger partial charge in [0.1, 0.15) is 5.69 Å². The van der Waals surface area contributed by atoms with Crippen molar-refractivity contribution < 1.29 is 23.2 Å². The highest BCUT2D eigenvalue weighted by Gasteiger charge is 2.46. The Balaban J connectivity index is 1.49. The topological polar surface area (TPSA) is 107 Å². The Bertz CT molecular complexity index is 861. The van der Waals surface area contributed by atoms with E-state index in [0.717, 1.165) is 18.7 Å². The summed E-state index contributed by atoms with van der Waals surface area (Å²) >= 11 is 0. The lowest BCUT2D eigenvalue weighted by Crippen LogP contribution is -2.47. The Morgan fingerprint density at radius 1 is 1.11 bits per heavy atom. The Morgan fingerprint density at radius 2 is 1.74 bits per heavy atom. The molecule has 2 saturated heterocycles. The average Bonchev–Trinajstić information content (AvgIpc) is 3.28. The van der Waals surface area contributed by atoms with Crippen molar-refractivity contribution in [2.24, 2.45) is 0 Å². The van der Waals surface area contributed by atoms with E-state index >= 15 is 0 Å².